The molecule has 0 aliphatic carbocycles. The highest BCUT2D eigenvalue weighted by molar-refractivity contribution is 5.38. The lowest BCUT2D eigenvalue weighted by atomic mass is 9.98. The number of aromatic nitrogens is 1. The summed E-state index contributed by atoms with van der Waals surface area (Å²) < 4.78 is 19.6. The minimum Gasteiger partial charge on any atom is -0.496 e. The maximum atomic E-state index is 14.3. The molecule has 1 aromatic heterocycles. The molecular formula is C17H21FN2O. The van der Waals surface area contributed by atoms with Crippen molar-refractivity contribution in [3.8, 4) is 5.75 Å². The molecule has 1 aromatic carbocycles. The molecule has 0 bridgehead atoms. The Kier molecular flexibility index (Phi) is 5.69. The van der Waals surface area contributed by atoms with Crippen LogP contribution in [-0.4, -0.2) is 18.6 Å². The fourth-order valence-corrected chi connectivity index (χ4v) is 2.38. The minimum atomic E-state index is -0.239. The maximum Gasteiger partial charge on any atom is 0.131 e. The van der Waals surface area contributed by atoms with Crippen molar-refractivity contribution >= 4 is 0 Å². The van der Waals surface area contributed by atoms with Crippen LogP contribution in [0.2, 0.25) is 0 Å². The van der Waals surface area contributed by atoms with Crippen LogP contribution in [0.5, 0.6) is 5.75 Å². The van der Waals surface area contributed by atoms with Crippen LogP contribution >= 0.6 is 0 Å². The zero-order chi connectivity index (χ0) is 15.1. The number of hydrogen-bond donors (Lipinski definition) is 1. The standard InChI is InChI=1S/C17H21FN2O/c1-3-9-20-15(12-13-7-10-19-11-8-13)17-14(18)5-4-6-16(17)21-2/h4-8,10-11,15,20H,3,9,12H2,1-2H3. The Labute approximate surface area is 125 Å². The second-order valence-electron chi connectivity index (χ2n) is 4.92. The van der Waals surface area contributed by atoms with Crippen molar-refractivity contribution in [2.24, 2.45) is 0 Å². The van der Waals surface area contributed by atoms with E-state index in [1.807, 2.05) is 12.1 Å². The van der Waals surface area contributed by atoms with Crippen LogP contribution in [0.4, 0.5) is 4.39 Å². The van der Waals surface area contributed by atoms with Gasteiger partial charge in [0.1, 0.15) is 11.6 Å². The molecule has 2 rings (SSSR count). The Bertz CT molecular complexity index is 560. The Hall–Kier alpha value is -1.94. The van der Waals surface area contributed by atoms with Crippen molar-refractivity contribution in [2.75, 3.05) is 13.7 Å². The molecule has 0 saturated carbocycles. The molecule has 0 radical (unpaired) electrons. The van der Waals surface area contributed by atoms with E-state index in [0.717, 1.165) is 18.5 Å². The summed E-state index contributed by atoms with van der Waals surface area (Å²) in [7, 11) is 1.57. The van der Waals surface area contributed by atoms with E-state index in [9.17, 15) is 4.39 Å². The van der Waals surface area contributed by atoms with Gasteiger partial charge in [-0.1, -0.05) is 13.0 Å². The molecule has 0 saturated heterocycles. The van der Waals surface area contributed by atoms with Crippen molar-refractivity contribution < 1.29 is 9.13 Å². The predicted octanol–water partition coefficient (Wildman–Crippen LogP) is 3.51. The van der Waals surface area contributed by atoms with E-state index in [4.69, 9.17) is 4.74 Å². The van der Waals surface area contributed by atoms with Gasteiger partial charge in [0.05, 0.1) is 7.11 Å². The van der Waals surface area contributed by atoms with Crippen molar-refractivity contribution in [1.29, 1.82) is 0 Å². The van der Waals surface area contributed by atoms with Gasteiger partial charge in [-0.25, -0.2) is 4.39 Å². The van der Waals surface area contributed by atoms with Gasteiger partial charge in [0.2, 0.25) is 0 Å². The molecule has 0 spiro atoms. The highest BCUT2D eigenvalue weighted by atomic mass is 19.1. The number of methoxy groups -OCH3 is 1. The zero-order valence-corrected chi connectivity index (χ0v) is 12.5. The summed E-state index contributed by atoms with van der Waals surface area (Å²) >= 11 is 0. The lowest BCUT2D eigenvalue weighted by Crippen LogP contribution is -2.25. The number of halogens is 1. The van der Waals surface area contributed by atoms with Gasteiger partial charge in [-0.05, 0) is 49.2 Å². The summed E-state index contributed by atoms with van der Waals surface area (Å²) in [6, 6.07) is 8.72. The van der Waals surface area contributed by atoms with Crippen LogP contribution in [0.3, 0.4) is 0 Å². The summed E-state index contributed by atoms with van der Waals surface area (Å²) in [6.45, 7) is 2.92. The Morgan fingerprint density at radius 1 is 1.24 bits per heavy atom. The molecule has 0 aliphatic heterocycles. The van der Waals surface area contributed by atoms with E-state index < -0.39 is 0 Å². The Morgan fingerprint density at radius 3 is 2.67 bits per heavy atom. The maximum absolute atomic E-state index is 14.3. The van der Waals surface area contributed by atoms with Gasteiger partial charge in [0.15, 0.2) is 0 Å². The lowest BCUT2D eigenvalue weighted by Gasteiger charge is -2.22. The molecule has 1 unspecified atom stereocenters. The number of hydrogen-bond acceptors (Lipinski definition) is 3. The van der Waals surface area contributed by atoms with Crippen molar-refractivity contribution in [3.05, 3.63) is 59.7 Å². The second-order valence-corrected chi connectivity index (χ2v) is 4.92. The summed E-state index contributed by atoms with van der Waals surface area (Å²) in [5.74, 6) is 0.342. The first-order valence-corrected chi connectivity index (χ1v) is 7.21. The van der Waals surface area contributed by atoms with Crippen LogP contribution in [0, 0.1) is 5.82 Å². The molecule has 1 N–H and O–H groups in total. The van der Waals surface area contributed by atoms with Gasteiger partial charge in [-0.2, -0.15) is 0 Å². The van der Waals surface area contributed by atoms with Gasteiger partial charge < -0.3 is 10.1 Å². The van der Waals surface area contributed by atoms with E-state index in [2.05, 4.69) is 17.2 Å². The molecule has 2 aromatic rings. The van der Waals surface area contributed by atoms with Gasteiger partial charge in [0, 0.05) is 24.0 Å². The number of ether oxygens (including phenoxy) is 1. The monoisotopic (exact) mass is 288 g/mol. The van der Waals surface area contributed by atoms with Crippen LogP contribution in [0.1, 0.15) is 30.5 Å². The van der Waals surface area contributed by atoms with Crippen LogP contribution in [0.15, 0.2) is 42.7 Å². The molecule has 3 nitrogen and oxygen atoms in total. The predicted molar refractivity (Wildman–Crippen MR) is 81.9 cm³/mol. The summed E-state index contributed by atoms with van der Waals surface area (Å²) in [4.78, 5) is 4.02. The lowest BCUT2D eigenvalue weighted by molar-refractivity contribution is 0.389. The molecule has 0 fully saturated rings. The largest absolute Gasteiger partial charge is 0.496 e. The number of rotatable bonds is 7. The Morgan fingerprint density at radius 2 is 2.00 bits per heavy atom. The fraction of sp³-hybridized carbons (Fsp3) is 0.353. The van der Waals surface area contributed by atoms with Crippen LogP contribution < -0.4 is 10.1 Å². The van der Waals surface area contributed by atoms with E-state index in [0.29, 0.717) is 17.7 Å². The number of pyridine rings is 1. The minimum absolute atomic E-state index is 0.122. The summed E-state index contributed by atoms with van der Waals surface area (Å²) in [6.07, 6.45) is 5.19. The highest BCUT2D eigenvalue weighted by Crippen LogP contribution is 2.30. The van der Waals surface area contributed by atoms with Crippen molar-refractivity contribution in [3.63, 3.8) is 0 Å². The second kappa shape index (κ2) is 7.74. The van der Waals surface area contributed by atoms with Gasteiger partial charge >= 0.3 is 0 Å². The Balaban J connectivity index is 2.31. The fourth-order valence-electron chi connectivity index (χ4n) is 2.38. The molecule has 21 heavy (non-hydrogen) atoms. The van der Waals surface area contributed by atoms with Gasteiger partial charge in [0.25, 0.3) is 0 Å². The van der Waals surface area contributed by atoms with Crippen LogP contribution in [0.25, 0.3) is 0 Å². The first-order chi connectivity index (χ1) is 10.3. The third kappa shape index (κ3) is 4.02. The van der Waals surface area contributed by atoms with E-state index in [1.54, 1.807) is 31.6 Å². The third-order valence-corrected chi connectivity index (χ3v) is 3.41. The number of benzene rings is 1. The van der Waals surface area contributed by atoms with Crippen LogP contribution in [-0.2, 0) is 6.42 Å². The first kappa shape index (κ1) is 15.4. The van der Waals surface area contributed by atoms with Gasteiger partial charge in [-0.15, -0.1) is 0 Å². The topological polar surface area (TPSA) is 34.2 Å². The van der Waals surface area contributed by atoms with E-state index >= 15 is 0 Å². The van der Waals surface area contributed by atoms with Gasteiger partial charge in [-0.3, -0.25) is 4.98 Å². The summed E-state index contributed by atoms with van der Waals surface area (Å²) in [5.41, 5.74) is 1.70. The average Bonchev–Trinajstić information content (AvgIpc) is 2.52. The van der Waals surface area contributed by atoms with E-state index in [1.165, 1.54) is 6.07 Å². The molecule has 0 aliphatic rings. The first-order valence-electron chi connectivity index (χ1n) is 7.21. The average molecular weight is 288 g/mol. The SMILES string of the molecule is CCCNC(Cc1ccncc1)c1c(F)cccc1OC. The molecule has 1 heterocycles. The summed E-state index contributed by atoms with van der Waals surface area (Å²) in [5, 5.41) is 3.41. The third-order valence-electron chi connectivity index (χ3n) is 3.41. The molecular weight excluding hydrogens is 267 g/mol. The molecule has 0 amide bonds. The van der Waals surface area contributed by atoms with Crippen molar-refractivity contribution in [2.45, 2.75) is 25.8 Å². The molecule has 4 heteroatoms. The quantitative estimate of drug-likeness (QED) is 0.846. The smallest absolute Gasteiger partial charge is 0.131 e. The zero-order valence-electron chi connectivity index (χ0n) is 12.5. The van der Waals surface area contributed by atoms with Crippen molar-refractivity contribution in [1.82, 2.24) is 10.3 Å². The normalized spacial score (nSPS) is 12.1. The number of nitrogens with one attached hydrogen (secondary N) is 1. The molecule has 1 atom stereocenters. The highest BCUT2D eigenvalue weighted by Gasteiger charge is 2.20. The van der Waals surface area contributed by atoms with E-state index in [-0.39, 0.29) is 11.9 Å². The molecule has 112 valence electrons. The number of nitrogens with zero attached hydrogens (tertiary/aromatic N) is 1.